The lowest BCUT2D eigenvalue weighted by Gasteiger charge is -2.31. The fourth-order valence-electron chi connectivity index (χ4n) is 4.98. The number of aryl methyl sites for hydroxylation is 2. The maximum atomic E-state index is 14.0. The smallest absolute Gasteiger partial charge is 0.339 e. The minimum absolute atomic E-state index is 0.00986. The molecule has 10 nitrogen and oxygen atoms in total. The molecular formula is C32H35N5O5. The molecule has 0 fully saturated rings. The summed E-state index contributed by atoms with van der Waals surface area (Å²) in [6.45, 7) is 5.56. The first kappa shape index (κ1) is 30.0. The largest absolute Gasteiger partial charge is 0.496 e. The van der Waals surface area contributed by atoms with Crippen LogP contribution in [0.4, 0.5) is 0 Å². The Morgan fingerprint density at radius 3 is 2.38 bits per heavy atom. The first-order valence-corrected chi connectivity index (χ1v) is 13.5. The van der Waals surface area contributed by atoms with Crippen LogP contribution in [0, 0.1) is 13.8 Å². The molecule has 10 heteroatoms. The van der Waals surface area contributed by atoms with Crippen molar-refractivity contribution in [1.82, 2.24) is 14.9 Å². The van der Waals surface area contributed by atoms with E-state index in [4.69, 9.17) is 21.2 Å². The highest BCUT2D eigenvalue weighted by molar-refractivity contribution is 5.94. The van der Waals surface area contributed by atoms with Crippen LogP contribution in [0.3, 0.4) is 0 Å². The fraction of sp³-hybridized carbons (Fsp3) is 0.250. The second-order valence-corrected chi connectivity index (χ2v) is 10.3. The van der Waals surface area contributed by atoms with Gasteiger partial charge >= 0.3 is 5.97 Å². The van der Waals surface area contributed by atoms with Gasteiger partial charge in [0, 0.05) is 23.9 Å². The van der Waals surface area contributed by atoms with Crippen molar-refractivity contribution in [3.63, 3.8) is 0 Å². The van der Waals surface area contributed by atoms with Crippen LogP contribution in [0.25, 0.3) is 11.3 Å². The van der Waals surface area contributed by atoms with Gasteiger partial charge in [-0.05, 0) is 67.6 Å². The maximum absolute atomic E-state index is 14.0. The number of benzene rings is 3. The van der Waals surface area contributed by atoms with Crippen molar-refractivity contribution < 1.29 is 24.2 Å². The van der Waals surface area contributed by atoms with Crippen molar-refractivity contribution in [3.05, 3.63) is 106 Å². The Kier molecular flexibility index (Phi) is 9.07. The summed E-state index contributed by atoms with van der Waals surface area (Å²) in [5, 5.41) is 9.69. The molecule has 1 heterocycles. The summed E-state index contributed by atoms with van der Waals surface area (Å²) in [7, 11) is 1.40. The van der Waals surface area contributed by atoms with Crippen molar-refractivity contribution in [2.45, 2.75) is 45.8 Å². The number of H-pyrrole nitrogens is 1. The van der Waals surface area contributed by atoms with Gasteiger partial charge in [-0.1, -0.05) is 42.5 Å². The standard InChI is InChI=1S/C32H35N5O5/c1-18-13-24(29(34)38)19(2)12-23(18)15-26(33)31(39)37(17-21-10-11-28(42-4)25(14-21)32(40)41)20(3)30-35-16-27(36-30)22-8-6-5-7-9-22/h5-14,16,20,26H,15,17,33H2,1-4H3,(H2,34,38)(H,35,36)(H,40,41)/t20-,26-/m0/s1. The lowest BCUT2D eigenvalue weighted by molar-refractivity contribution is -0.135. The average molecular weight is 570 g/mol. The van der Waals surface area contributed by atoms with Crippen molar-refractivity contribution in [3.8, 4) is 17.0 Å². The van der Waals surface area contributed by atoms with Crippen LogP contribution < -0.4 is 16.2 Å². The zero-order valence-corrected chi connectivity index (χ0v) is 24.0. The molecule has 218 valence electrons. The second kappa shape index (κ2) is 12.7. The normalized spacial score (nSPS) is 12.4. The van der Waals surface area contributed by atoms with Crippen molar-refractivity contribution in [1.29, 1.82) is 0 Å². The minimum atomic E-state index is -1.14. The van der Waals surface area contributed by atoms with Gasteiger partial charge in [-0.3, -0.25) is 9.59 Å². The van der Waals surface area contributed by atoms with Gasteiger partial charge in [0.05, 0.1) is 24.9 Å². The highest BCUT2D eigenvalue weighted by Gasteiger charge is 2.29. The molecule has 0 unspecified atom stereocenters. The number of carboxylic acid groups (broad SMARTS) is 1. The summed E-state index contributed by atoms with van der Waals surface area (Å²) in [5.41, 5.74) is 17.0. The van der Waals surface area contributed by atoms with Gasteiger partial charge < -0.3 is 31.2 Å². The van der Waals surface area contributed by atoms with Crippen molar-refractivity contribution in [2.75, 3.05) is 7.11 Å². The third kappa shape index (κ3) is 6.50. The van der Waals surface area contributed by atoms with Crippen LogP contribution >= 0.6 is 0 Å². The number of carbonyl (C=O) groups excluding carboxylic acids is 2. The summed E-state index contributed by atoms with van der Waals surface area (Å²) >= 11 is 0. The monoisotopic (exact) mass is 569 g/mol. The van der Waals surface area contributed by atoms with E-state index in [0.29, 0.717) is 22.5 Å². The molecular weight excluding hydrogens is 534 g/mol. The number of primary amides is 1. The van der Waals surface area contributed by atoms with Crippen LogP contribution in [0.2, 0.25) is 0 Å². The number of carbonyl (C=O) groups is 3. The number of imidazole rings is 1. The number of methoxy groups -OCH3 is 1. The van der Waals surface area contributed by atoms with E-state index in [1.807, 2.05) is 50.2 Å². The molecule has 0 aliphatic heterocycles. The van der Waals surface area contributed by atoms with Gasteiger partial charge in [0.2, 0.25) is 11.8 Å². The zero-order chi connectivity index (χ0) is 30.6. The van der Waals surface area contributed by atoms with Crippen LogP contribution in [0.1, 0.15) is 61.8 Å². The molecule has 6 N–H and O–H groups in total. The summed E-state index contributed by atoms with van der Waals surface area (Å²) < 4.78 is 5.20. The topological polar surface area (TPSA) is 165 Å². The highest BCUT2D eigenvalue weighted by atomic mass is 16.5. The molecule has 1 aromatic heterocycles. The van der Waals surface area contributed by atoms with Crippen molar-refractivity contribution in [2.24, 2.45) is 11.5 Å². The second-order valence-electron chi connectivity index (χ2n) is 10.3. The van der Waals surface area contributed by atoms with Gasteiger partial charge in [-0.25, -0.2) is 9.78 Å². The number of ether oxygens (including phenoxy) is 1. The van der Waals surface area contributed by atoms with Crippen LogP contribution in [0.15, 0.2) is 66.9 Å². The first-order chi connectivity index (χ1) is 20.0. The van der Waals surface area contributed by atoms with Gasteiger partial charge in [-0.15, -0.1) is 0 Å². The molecule has 0 saturated heterocycles. The van der Waals surface area contributed by atoms with E-state index in [1.165, 1.54) is 13.2 Å². The van der Waals surface area contributed by atoms with Gasteiger partial charge in [0.25, 0.3) is 0 Å². The predicted octanol–water partition coefficient (Wildman–Crippen LogP) is 4.16. The number of aromatic amines is 1. The molecule has 0 bridgehead atoms. The number of nitrogens with two attached hydrogens (primary N) is 2. The Morgan fingerprint density at radius 1 is 1.02 bits per heavy atom. The summed E-state index contributed by atoms with van der Waals surface area (Å²) in [6, 6.07) is 16.5. The van der Waals surface area contributed by atoms with E-state index >= 15 is 0 Å². The molecule has 2 atom stereocenters. The van der Waals surface area contributed by atoms with E-state index in [0.717, 1.165) is 22.4 Å². The minimum Gasteiger partial charge on any atom is -0.496 e. The molecule has 0 saturated carbocycles. The van der Waals surface area contributed by atoms with E-state index in [2.05, 4.69) is 4.98 Å². The van der Waals surface area contributed by atoms with E-state index < -0.39 is 24.0 Å². The third-order valence-corrected chi connectivity index (χ3v) is 7.37. The molecule has 0 aliphatic carbocycles. The number of rotatable bonds is 11. The van der Waals surface area contributed by atoms with Crippen LogP contribution in [-0.4, -0.2) is 50.9 Å². The lowest BCUT2D eigenvalue weighted by Crippen LogP contribution is -2.46. The number of hydrogen-bond donors (Lipinski definition) is 4. The molecule has 0 radical (unpaired) electrons. The molecule has 2 amide bonds. The summed E-state index contributed by atoms with van der Waals surface area (Å²) in [6.07, 6.45) is 2.01. The van der Waals surface area contributed by atoms with Crippen molar-refractivity contribution >= 4 is 17.8 Å². The Labute approximate surface area is 244 Å². The molecule has 3 aromatic carbocycles. The first-order valence-electron chi connectivity index (χ1n) is 13.5. The zero-order valence-electron chi connectivity index (χ0n) is 24.0. The van der Waals surface area contributed by atoms with E-state index in [9.17, 15) is 19.5 Å². The Balaban J connectivity index is 1.67. The summed E-state index contributed by atoms with van der Waals surface area (Å²) in [5.74, 6) is -1.23. The van der Waals surface area contributed by atoms with Gasteiger partial charge in [-0.2, -0.15) is 0 Å². The number of nitrogens with zero attached hydrogens (tertiary/aromatic N) is 2. The Bertz CT molecular complexity index is 1620. The molecule has 0 aliphatic rings. The maximum Gasteiger partial charge on any atom is 0.339 e. The van der Waals surface area contributed by atoms with E-state index in [-0.39, 0.29) is 30.2 Å². The Morgan fingerprint density at radius 2 is 1.74 bits per heavy atom. The van der Waals surface area contributed by atoms with Crippen LogP contribution in [0.5, 0.6) is 5.75 Å². The number of aromatic nitrogens is 2. The van der Waals surface area contributed by atoms with Gasteiger partial charge in [0.1, 0.15) is 17.1 Å². The number of carboxylic acids is 1. The third-order valence-electron chi connectivity index (χ3n) is 7.37. The number of hydrogen-bond acceptors (Lipinski definition) is 6. The fourth-order valence-corrected chi connectivity index (χ4v) is 4.98. The van der Waals surface area contributed by atoms with E-state index in [1.54, 1.807) is 36.2 Å². The Hall–Kier alpha value is -4.96. The predicted molar refractivity (Wildman–Crippen MR) is 159 cm³/mol. The quantitative estimate of drug-likeness (QED) is 0.211. The molecule has 0 spiro atoms. The van der Waals surface area contributed by atoms with Gasteiger partial charge in [0.15, 0.2) is 0 Å². The number of nitrogens with one attached hydrogen (secondary N) is 1. The number of aromatic carboxylic acids is 1. The lowest BCUT2D eigenvalue weighted by atomic mass is 9.94. The van der Waals surface area contributed by atoms with Crippen LogP contribution in [-0.2, 0) is 17.8 Å². The number of amides is 2. The molecule has 4 rings (SSSR count). The molecule has 42 heavy (non-hydrogen) atoms. The summed E-state index contributed by atoms with van der Waals surface area (Å²) in [4.78, 5) is 47.2. The average Bonchev–Trinajstić information content (AvgIpc) is 3.47. The SMILES string of the molecule is COc1ccc(CN(C(=O)[C@@H](N)Cc2cc(C)c(C(N)=O)cc2C)[C@@H](C)c2nc(-c3ccccc3)c[nH]2)cc1C(=O)O. The highest BCUT2D eigenvalue weighted by Crippen LogP contribution is 2.27. The molecule has 4 aromatic rings.